The molecule has 27 heavy (non-hydrogen) atoms. The molecule has 0 amide bonds. The highest BCUT2D eigenvalue weighted by molar-refractivity contribution is 6.01. The Bertz CT molecular complexity index is 934. The number of ketones is 1. The average Bonchev–Trinajstić information content (AvgIpc) is 3.26. The van der Waals surface area contributed by atoms with Crippen molar-refractivity contribution in [3.05, 3.63) is 72.1 Å². The molecule has 0 N–H and O–H groups in total. The number of aromatic nitrogens is 2. The Morgan fingerprint density at radius 1 is 1.04 bits per heavy atom. The van der Waals surface area contributed by atoms with Gasteiger partial charge in [0.15, 0.2) is 6.61 Å². The van der Waals surface area contributed by atoms with Crippen LogP contribution in [0.2, 0.25) is 0 Å². The Hall–Kier alpha value is -3.61. The molecular formula is C20H18N2O5. The summed E-state index contributed by atoms with van der Waals surface area (Å²) in [5, 5.41) is 4.12. The number of methoxy groups -OCH3 is 2. The summed E-state index contributed by atoms with van der Waals surface area (Å²) in [6, 6.07) is 13.4. The summed E-state index contributed by atoms with van der Waals surface area (Å²) in [6.45, 7) is -0.386. The summed E-state index contributed by atoms with van der Waals surface area (Å²) in [6.07, 6.45) is 3.47. The second-order valence-corrected chi connectivity index (χ2v) is 5.56. The van der Waals surface area contributed by atoms with Gasteiger partial charge in [-0.1, -0.05) is 0 Å². The van der Waals surface area contributed by atoms with Crippen LogP contribution in [0.5, 0.6) is 11.5 Å². The van der Waals surface area contributed by atoms with Crippen LogP contribution in [-0.4, -0.2) is 42.4 Å². The summed E-state index contributed by atoms with van der Waals surface area (Å²) in [4.78, 5) is 24.5. The van der Waals surface area contributed by atoms with Crippen molar-refractivity contribution in [1.29, 1.82) is 0 Å². The summed E-state index contributed by atoms with van der Waals surface area (Å²) in [5.74, 6) is -0.0181. The maximum atomic E-state index is 12.4. The third-order valence-corrected chi connectivity index (χ3v) is 3.92. The molecule has 0 saturated carbocycles. The number of Topliss-reactive ketones (excluding diaryl/α,β-unsaturated/α-hetero) is 1. The van der Waals surface area contributed by atoms with E-state index in [0.29, 0.717) is 22.6 Å². The minimum Gasteiger partial charge on any atom is -0.497 e. The smallest absolute Gasteiger partial charge is 0.338 e. The van der Waals surface area contributed by atoms with Crippen molar-refractivity contribution in [1.82, 2.24) is 9.78 Å². The molecule has 0 bridgehead atoms. The van der Waals surface area contributed by atoms with Crippen LogP contribution in [0.25, 0.3) is 5.69 Å². The minimum absolute atomic E-state index is 0.320. The maximum absolute atomic E-state index is 12.4. The second-order valence-electron chi connectivity index (χ2n) is 5.56. The van der Waals surface area contributed by atoms with E-state index in [1.165, 1.54) is 14.2 Å². The quantitative estimate of drug-likeness (QED) is 0.472. The van der Waals surface area contributed by atoms with Gasteiger partial charge >= 0.3 is 5.97 Å². The van der Waals surface area contributed by atoms with Gasteiger partial charge in [-0.15, -0.1) is 0 Å². The number of carbonyl (C=O) groups excluding carboxylic acids is 2. The number of esters is 1. The predicted molar refractivity (Wildman–Crippen MR) is 97.7 cm³/mol. The molecular weight excluding hydrogens is 348 g/mol. The Morgan fingerprint density at radius 3 is 2.44 bits per heavy atom. The highest BCUT2D eigenvalue weighted by atomic mass is 16.5. The molecule has 3 aromatic rings. The molecule has 2 aromatic carbocycles. The van der Waals surface area contributed by atoms with Crippen LogP contribution < -0.4 is 9.47 Å². The molecule has 0 spiro atoms. The molecule has 0 fully saturated rings. The topological polar surface area (TPSA) is 79.7 Å². The number of hydrogen-bond acceptors (Lipinski definition) is 6. The molecule has 0 saturated heterocycles. The molecule has 0 atom stereocenters. The molecule has 0 radical (unpaired) electrons. The maximum Gasteiger partial charge on any atom is 0.338 e. The van der Waals surface area contributed by atoms with Crippen molar-refractivity contribution in [3.8, 4) is 17.2 Å². The first kappa shape index (κ1) is 18.2. The lowest BCUT2D eigenvalue weighted by Gasteiger charge is -2.10. The van der Waals surface area contributed by atoms with Crippen molar-refractivity contribution in [2.24, 2.45) is 0 Å². The number of nitrogens with zero attached hydrogens (tertiary/aromatic N) is 2. The van der Waals surface area contributed by atoms with E-state index >= 15 is 0 Å². The van der Waals surface area contributed by atoms with Crippen molar-refractivity contribution in [3.63, 3.8) is 0 Å². The van der Waals surface area contributed by atoms with Crippen LogP contribution in [0, 0.1) is 0 Å². The van der Waals surface area contributed by atoms with Gasteiger partial charge in [0, 0.05) is 18.5 Å². The lowest BCUT2D eigenvalue weighted by molar-refractivity contribution is 0.0474. The Labute approximate surface area is 156 Å². The predicted octanol–water partition coefficient (Wildman–Crippen LogP) is 2.93. The van der Waals surface area contributed by atoms with Gasteiger partial charge in [-0.05, 0) is 42.5 Å². The lowest BCUT2D eigenvalue weighted by atomic mass is 10.1. The van der Waals surface area contributed by atoms with Crippen LogP contribution in [0.4, 0.5) is 0 Å². The van der Waals surface area contributed by atoms with Gasteiger partial charge in [0.2, 0.25) is 5.78 Å². The summed E-state index contributed by atoms with van der Waals surface area (Å²) >= 11 is 0. The second kappa shape index (κ2) is 8.18. The molecule has 7 nitrogen and oxygen atoms in total. The third kappa shape index (κ3) is 4.14. The van der Waals surface area contributed by atoms with E-state index < -0.39 is 5.97 Å². The summed E-state index contributed by atoms with van der Waals surface area (Å²) < 4.78 is 17.1. The van der Waals surface area contributed by atoms with Crippen molar-refractivity contribution in [2.45, 2.75) is 0 Å². The van der Waals surface area contributed by atoms with Crippen molar-refractivity contribution >= 4 is 11.8 Å². The first-order chi connectivity index (χ1) is 13.1. The van der Waals surface area contributed by atoms with Crippen LogP contribution in [0.1, 0.15) is 20.7 Å². The fourth-order valence-electron chi connectivity index (χ4n) is 2.49. The van der Waals surface area contributed by atoms with E-state index in [4.69, 9.17) is 14.2 Å². The molecule has 138 valence electrons. The Kier molecular flexibility index (Phi) is 5.51. The van der Waals surface area contributed by atoms with Gasteiger partial charge in [-0.2, -0.15) is 5.10 Å². The number of hydrogen-bond donors (Lipinski definition) is 0. The molecule has 0 aliphatic rings. The third-order valence-electron chi connectivity index (χ3n) is 3.92. The van der Waals surface area contributed by atoms with Gasteiger partial charge in [0.25, 0.3) is 0 Å². The van der Waals surface area contributed by atoms with Gasteiger partial charge in [0.05, 0.1) is 31.0 Å². The zero-order valence-electron chi connectivity index (χ0n) is 14.9. The number of benzene rings is 2. The highest BCUT2D eigenvalue weighted by Gasteiger charge is 2.16. The average molecular weight is 366 g/mol. The molecule has 1 heterocycles. The van der Waals surface area contributed by atoms with E-state index in [-0.39, 0.29) is 12.4 Å². The Morgan fingerprint density at radius 2 is 1.81 bits per heavy atom. The van der Waals surface area contributed by atoms with Crippen molar-refractivity contribution in [2.75, 3.05) is 20.8 Å². The normalized spacial score (nSPS) is 10.3. The van der Waals surface area contributed by atoms with Crippen LogP contribution in [0.15, 0.2) is 60.9 Å². The molecule has 0 aliphatic carbocycles. The lowest BCUT2D eigenvalue weighted by Crippen LogP contribution is -2.15. The van der Waals surface area contributed by atoms with Crippen LogP contribution in [0.3, 0.4) is 0 Å². The SMILES string of the molecule is COc1ccc(C(=O)COC(=O)c2ccc(-n3cccn3)cc2)c(OC)c1. The zero-order valence-corrected chi connectivity index (χ0v) is 14.9. The molecule has 0 unspecified atom stereocenters. The van der Waals surface area contributed by atoms with Gasteiger partial charge in [0.1, 0.15) is 11.5 Å². The monoisotopic (exact) mass is 366 g/mol. The zero-order chi connectivity index (χ0) is 19.2. The first-order valence-corrected chi connectivity index (χ1v) is 8.15. The van der Waals surface area contributed by atoms with Gasteiger partial charge in [-0.3, -0.25) is 4.79 Å². The number of carbonyl (C=O) groups is 2. The van der Waals surface area contributed by atoms with E-state index in [2.05, 4.69) is 5.10 Å². The largest absolute Gasteiger partial charge is 0.497 e. The van der Waals surface area contributed by atoms with E-state index in [9.17, 15) is 9.59 Å². The molecule has 3 rings (SSSR count). The van der Waals surface area contributed by atoms with E-state index in [0.717, 1.165) is 5.69 Å². The van der Waals surface area contributed by atoms with Crippen LogP contribution in [-0.2, 0) is 4.74 Å². The fourth-order valence-corrected chi connectivity index (χ4v) is 2.49. The van der Waals surface area contributed by atoms with Crippen LogP contribution >= 0.6 is 0 Å². The standard InChI is InChI=1S/C20H18N2O5/c1-25-16-8-9-17(19(12-16)26-2)18(23)13-27-20(24)14-4-6-15(7-5-14)22-11-3-10-21-22/h3-12H,13H2,1-2H3. The highest BCUT2D eigenvalue weighted by Crippen LogP contribution is 2.25. The molecule has 1 aromatic heterocycles. The summed E-state index contributed by atoms with van der Waals surface area (Å²) in [5.41, 5.74) is 1.48. The molecule has 7 heteroatoms. The van der Waals surface area contributed by atoms with Gasteiger partial charge in [-0.25, -0.2) is 9.48 Å². The fraction of sp³-hybridized carbons (Fsp3) is 0.150. The summed E-state index contributed by atoms with van der Waals surface area (Å²) in [7, 11) is 2.98. The minimum atomic E-state index is -0.581. The Balaban J connectivity index is 1.64. The molecule has 0 aliphatic heterocycles. The van der Waals surface area contributed by atoms with E-state index in [1.807, 2.05) is 0 Å². The van der Waals surface area contributed by atoms with Crippen molar-refractivity contribution < 1.29 is 23.8 Å². The van der Waals surface area contributed by atoms with E-state index in [1.54, 1.807) is 65.6 Å². The number of rotatable bonds is 7. The number of ether oxygens (including phenoxy) is 3. The van der Waals surface area contributed by atoms with Gasteiger partial charge < -0.3 is 14.2 Å². The first-order valence-electron chi connectivity index (χ1n) is 8.15.